The number of rotatable bonds is 7. The van der Waals surface area contributed by atoms with Crippen LogP contribution in [0.15, 0.2) is 89.9 Å². The number of fused-ring (bicyclic) bond motifs is 1. The number of benzene rings is 3. The van der Waals surface area contributed by atoms with Crippen molar-refractivity contribution in [3.05, 3.63) is 111 Å². The molecule has 3 heterocycles. The van der Waals surface area contributed by atoms with Crippen molar-refractivity contribution in [2.45, 2.75) is 13.3 Å². The van der Waals surface area contributed by atoms with Gasteiger partial charge in [0.15, 0.2) is 5.82 Å². The van der Waals surface area contributed by atoms with E-state index < -0.39 is 0 Å². The van der Waals surface area contributed by atoms with Gasteiger partial charge >= 0.3 is 0 Å². The van der Waals surface area contributed by atoms with Crippen LogP contribution in [0.25, 0.3) is 39.4 Å². The molecule has 9 heteroatoms. The van der Waals surface area contributed by atoms with E-state index in [1.54, 1.807) is 0 Å². The number of hydrogen-bond acceptors (Lipinski definition) is 6. The number of hydrogen-bond donors (Lipinski definition) is 0. The molecule has 0 atom stereocenters. The second kappa shape index (κ2) is 10.2. The van der Waals surface area contributed by atoms with Gasteiger partial charge in [0.1, 0.15) is 11.4 Å². The molecule has 188 valence electrons. The van der Waals surface area contributed by atoms with Crippen LogP contribution in [-0.4, -0.2) is 31.0 Å². The molecule has 0 fully saturated rings. The highest BCUT2D eigenvalue weighted by Crippen LogP contribution is 2.26. The van der Waals surface area contributed by atoms with Crippen molar-refractivity contribution in [3.63, 3.8) is 0 Å². The average Bonchev–Trinajstić information content (AvgIpc) is 3.64. The third kappa shape index (κ3) is 4.71. The lowest BCUT2D eigenvalue weighted by molar-refractivity contribution is 0.317. The molecule has 0 aliphatic heterocycles. The Hall–Kier alpha value is -4.27. The van der Waals surface area contributed by atoms with Crippen LogP contribution in [0.2, 0.25) is 5.02 Å². The Morgan fingerprint density at radius 3 is 2.39 bits per heavy atom. The first-order chi connectivity index (χ1) is 18.6. The van der Waals surface area contributed by atoms with Crippen LogP contribution in [0, 0.1) is 0 Å². The molecule has 0 unspecified atom stereocenters. The van der Waals surface area contributed by atoms with Crippen LogP contribution in [0.5, 0.6) is 5.75 Å². The van der Waals surface area contributed by atoms with Crippen LogP contribution in [0.1, 0.15) is 18.9 Å². The molecule has 0 aliphatic carbocycles. The Morgan fingerprint density at radius 1 is 0.947 bits per heavy atom. The smallest absolute Gasteiger partial charge is 0.291 e. The van der Waals surface area contributed by atoms with Gasteiger partial charge in [0.25, 0.3) is 5.56 Å². The lowest BCUT2D eigenvalue weighted by Crippen LogP contribution is -2.23. The summed E-state index contributed by atoms with van der Waals surface area (Å²) < 4.78 is 9.34. The first kappa shape index (κ1) is 24.1. The summed E-state index contributed by atoms with van der Waals surface area (Å²) in [5.41, 5.74) is 3.97. The summed E-state index contributed by atoms with van der Waals surface area (Å²) in [6, 6.07) is 24.9. The van der Waals surface area contributed by atoms with Gasteiger partial charge in [-0.2, -0.15) is 14.6 Å². The molecule has 0 bridgehead atoms. The van der Waals surface area contributed by atoms with E-state index in [2.05, 4.69) is 17.0 Å². The largest absolute Gasteiger partial charge is 0.494 e. The second-order valence-electron chi connectivity index (χ2n) is 8.64. The lowest BCUT2D eigenvalue weighted by Gasteiger charge is -2.04. The molecule has 7 nitrogen and oxygen atoms in total. The quantitative estimate of drug-likeness (QED) is 0.262. The van der Waals surface area contributed by atoms with E-state index in [4.69, 9.17) is 21.4 Å². The number of nitrogens with zero attached hydrogens (tertiary/aromatic N) is 5. The summed E-state index contributed by atoms with van der Waals surface area (Å²) in [5.74, 6) is 1.30. The first-order valence-corrected chi connectivity index (χ1v) is 13.3. The minimum atomic E-state index is -0.221. The van der Waals surface area contributed by atoms with Crippen molar-refractivity contribution >= 4 is 34.0 Å². The number of aromatic nitrogens is 5. The van der Waals surface area contributed by atoms with E-state index in [0.29, 0.717) is 26.9 Å². The number of para-hydroxylation sites is 1. The summed E-state index contributed by atoms with van der Waals surface area (Å²) in [6.45, 7) is 2.73. The molecule has 3 aromatic heterocycles. The van der Waals surface area contributed by atoms with E-state index >= 15 is 0 Å². The Kier molecular flexibility index (Phi) is 6.49. The molecule has 0 N–H and O–H groups in total. The molecular formula is C29H22ClN5O2S. The van der Waals surface area contributed by atoms with E-state index in [1.807, 2.05) is 95.8 Å². The van der Waals surface area contributed by atoms with Gasteiger partial charge in [-0.3, -0.25) is 4.79 Å². The minimum Gasteiger partial charge on any atom is -0.494 e. The van der Waals surface area contributed by atoms with Crippen molar-refractivity contribution in [1.82, 2.24) is 24.4 Å². The van der Waals surface area contributed by atoms with Gasteiger partial charge in [0.2, 0.25) is 4.96 Å². The fraction of sp³-hybridized carbons (Fsp3) is 0.103. The summed E-state index contributed by atoms with van der Waals surface area (Å²) >= 11 is 7.41. The van der Waals surface area contributed by atoms with Crippen molar-refractivity contribution < 1.29 is 4.74 Å². The maximum absolute atomic E-state index is 13.3. The topological polar surface area (TPSA) is 74.3 Å². The predicted molar refractivity (Wildman–Crippen MR) is 151 cm³/mol. The summed E-state index contributed by atoms with van der Waals surface area (Å²) in [5, 5.41) is 9.96. The standard InChI is InChI=1S/C29H22ClN5O2S/c1-2-16-37-24-14-10-20(11-15-24)27-31-29-35(33-27)28(36)25(38-29)17-21-18-34(23-6-4-3-5-7-23)32-26(21)19-8-12-22(30)13-9-19/h3-15,17-18H,2,16H2,1H3. The Morgan fingerprint density at radius 2 is 1.68 bits per heavy atom. The van der Waals surface area contributed by atoms with Crippen LogP contribution in [0.3, 0.4) is 0 Å². The SMILES string of the molecule is CCCOc1ccc(-c2nc3sc(=Cc4cn(-c5ccccc5)nc4-c4ccc(Cl)cc4)c(=O)n3n2)cc1. The van der Waals surface area contributed by atoms with Crippen LogP contribution >= 0.6 is 22.9 Å². The van der Waals surface area contributed by atoms with Crippen LogP contribution < -0.4 is 14.8 Å². The summed E-state index contributed by atoms with van der Waals surface area (Å²) in [7, 11) is 0. The highest BCUT2D eigenvalue weighted by Gasteiger charge is 2.15. The zero-order valence-electron chi connectivity index (χ0n) is 20.4. The van der Waals surface area contributed by atoms with E-state index in [1.165, 1.54) is 15.9 Å². The molecule has 0 amide bonds. The Labute approximate surface area is 227 Å². The maximum Gasteiger partial charge on any atom is 0.291 e. The van der Waals surface area contributed by atoms with Crippen molar-refractivity contribution in [2.24, 2.45) is 0 Å². The molecule has 38 heavy (non-hydrogen) atoms. The van der Waals surface area contributed by atoms with Crippen LogP contribution in [-0.2, 0) is 0 Å². The number of ether oxygens (including phenoxy) is 1. The molecule has 0 saturated heterocycles. The van der Waals surface area contributed by atoms with Gasteiger partial charge in [-0.15, -0.1) is 5.10 Å². The van der Waals surface area contributed by atoms with E-state index in [-0.39, 0.29) is 5.56 Å². The number of thiazole rings is 1. The average molecular weight is 540 g/mol. The molecule has 0 spiro atoms. The highest BCUT2D eigenvalue weighted by atomic mass is 35.5. The molecule has 0 radical (unpaired) electrons. The maximum atomic E-state index is 13.3. The zero-order chi connectivity index (χ0) is 26.1. The number of halogens is 1. The highest BCUT2D eigenvalue weighted by molar-refractivity contribution is 7.15. The second-order valence-corrected chi connectivity index (χ2v) is 10.1. The predicted octanol–water partition coefficient (Wildman–Crippen LogP) is 5.66. The third-order valence-corrected chi connectivity index (χ3v) is 7.15. The summed E-state index contributed by atoms with van der Waals surface area (Å²) in [6.07, 6.45) is 4.71. The fourth-order valence-electron chi connectivity index (χ4n) is 4.06. The molecule has 6 aromatic rings. The third-order valence-electron chi connectivity index (χ3n) is 5.93. The molecule has 0 aliphatic rings. The van der Waals surface area contributed by atoms with Gasteiger partial charge in [-0.1, -0.05) is 60.2 Å². The van der Waals surface area contributed by atoms with Gasteiger partial charge in [0, 0.05) is 27.9 Å². The molecule has 3 aromatic carbocycles. The van der Waals surface area contributed by atoms with E-state index in [9.17, 15) is 4.79 Å². The minimum absolute atomic E-state index is 0.221. The van der Waals surface area contributed by atoms with Crippen LogP contribution in [0.4, 0.5) is 0 Å². The Balaban J connectivity index is 1.40. The zero-order valence-corrected chi connectivity index (χ0v) is 22.0. The van der Waals surface area contributed by atoms with Gasteiger partial charge in [-0.25, -0.2) is 4.68 Å². The Bertz CT molecular complexity index is 1820. The molecule has 6 rings (SSSR count). The van der Waals surface area contributed by atoms with Crippen molar-refractivity contribution in [1.29, 1.82) is 0 Å². The van der Waals surface area contributed by atoms with Gasteiger partial charge in [0.05, 0.1) is 16.8 Å². The molecular weight excluding hydrogens is 518 g/mol. The normalized spacial score (nSPS) is 11.9. The monoisotopic (exact) mass is 539 g/mol. The van der Waals surface area contributed by atoms with Gasteiger partial charge < -0.3 is 4.74 Å². The van der Waals surface area contributed by atoms with Crippen molar-refractivity contribution in [3.8, 4) is 34.1 Å². The first-order valence-electron chi connectivity index (χ1n) is 12.1. The summed E-state index contributed by atoms with van der Waals surface area (Å²) in [4.78, 5) is 18.4. The van der Waals surface area contributed by atoms with E-state index in [0.717, 1.165) is 40.2 Å². The van der Waals surface area contributed by atoms with Crippen molar-refractivity contribution in [2.75, 3.05) is 6.61 Å². The van der Waals surface area contributed by atoms with Gasteiger partial charge in [-0.05, 0) is 61.0 Å². The lowest BCUT2D eigenvalue weighted by atomic mass is 10.1. The fourth-order valence-corrected chi connectivity index (χ4v) is 5.08. The molecule has 0 saturated carbocycles.